The summed E-state index contributed by atoms with van der Waals surface area (Å²) in [6.07, 6.45) is 11.6. The zero-order chi connectivity index (χ0) is 12.7. The molecule has 0 spiro atoms. The van der Waals surface area contributed by atoms with Crippen LogP contribution in [-0.2, 0) is 6.42 Å². The van der Waals surface area contributed by atoms with Crippen molar-refractivity contribution in [1.82, 2.24) is 0 Å². The number of rotatable bonds is 4. The minimum atomic E-state index is 1.09. The van der Waals surface area contributed by atoms with Crippen molar-refractivity contribution in [1.29, 1.82) is 0 Å². The number of hydrogen-bond acceptors (Lipinski definition) is 0. The summed E-state index contributed by atoms with van der Waals surface area (Å²) in [5.41, 5.74) is 5.37. The van der Waals surface area contributed by atoms with E-state index in [-0.39, 0.29) is 0 Å². The number of aryl methyl sites for hydroxylation is 2. The first kappa shape index (κ1) is 13.5. The van der Waals surface area contributed by atoms with Crippen LogP contribution in [0.1, 0.15) is 37.5 Å². The summed E-state index contributed by atoms with van der Waals surface area (Å²) in [6.45, 7) is 8.47. The van der Waals surface area contributed by atoms with E-state index in [1.165, 1.54) is 22.3 Å². The minimum Gasteiger partial charge on any atom is -0.0876 e. The number of hydrogen-bond donors (Lipinski definition) is 0. The predicted molar refractivity (Wildman–Crippen MR) is 78.2 cm³/mol. The van der Waals surface area contributed by atoms with Crippen LogP contribution in [0.3, 0.4) is 0 Å². The summed E-state index contributed by atoms with van der Waals surface area (Å²) in [5, 5.41) is 0. The molecule has 1 rings (SSSR count). The molecule has 90 valence electrons. The SMILES string of the molecule is C\C=C/C=C(\C=C/C)c1ccc(C)c(CC)c1. The van der Waals surface area contributed by atoms with Crippen LogP contribution in [0.15, 0.2) is 48.6 Å². The van der Waals surface area contributed by atoms with Crippen LogP contribution < -0.4 is 0 Å². The van der Waals surface area contributed by atoms with Crippen LogP contribution in [0.2, 0.25) is 0 Å². The highest BCUT2D eigenvalue weighted by Gasteiger charge is 2.01. The molecule has 0 saturated carbocycles. The maximum Gasteiger partial charge on any atom is -0.0181 e. The van der Waals surface area contributed by atoms with Gasteiger partial charge in [-0.25, -0.2) is 0 Å². The fraction of sp³-hybridized carbons (Fsp3) is 0.294. The molecule has 17 heavy (non-hydrogen) atoms. The van der Waals surface area contributed by atoms with Gasteiger partial charge >= 0.3 is 0 Å². The van der Waals surface area contributed by atoms with Gasteiger partial charge in [0, 0.05) is 0 Å². The number of allylic oxidation sites excluding steroid dienone is 6. The highest BCUT2D eigenvalue weighted by atomic mass is 14.1. The first-order valence-electron chi connectivity index (χ1n) is 6.28. The Labute approximate surface area is 105 Å². The van der Waals surface area contributed by atoms with Gasteiger partial charge in [-0.3, -0.25) is 0 Å². The van der Waals surface area contributed by atoms with Gasteiger partial charge in [0.15, 0.2) is 0 Å². The molecule has 0 aromatic heterocycles. The summed E-state index contributed by atoms with van der Waals surface area (Å²) >= 11 is 0. The molecular formula is C17H22. The topological polar surface area (TPSA) is 0 Å². The summed E-state index contributed by atoms with van der Waals surface area (Å²) < 4.78 is 0. The van der Waals surface area contributed by atoms with Crippen molar-refractivity contribution in [3.63, 3.8) is 0 Å². The molecule has 1 aromatic rings. The van der Waals surface area contributed by atoms with Crippen molar-refractivity contribution in [2.24, 2.45) is 0 Å². The van der Waals surface area contributed by atoms with Gasteiger partial charge in [-0.15, -0.1) is 0 Å². The van der Waals surface area contributed by atoms with Gasteiger partial charge in [-0.1, -0.05) is 55.5 Å². The van der Waals surface area contributed by atoms with Gasteiger partial charge in [0.25, 0.3) is 0 Å². The van der Waals surface area contributed by atoms with E-state index in [0.29, 0.717) is 0 Å². The summed E-state index contributed by atoms with van der Waals surface area (Å²) in [7, 11) is 0. The summed E-state index contributed by atoms with van der Waals surface area (Å²) in [6, 6.07) is 6.70. The number of benzene rings is 1. The van der Waals surface area contributed by atoms with Crippen molar-refractivity contribution in [2.45, 2.75) is 34.1 Å². The predicted octanol–water partition coefficient (Wildman–Crippen LogP) is 5.09. The molecular weight excluding hydrogens is 204 g/mol. The molecule has 0 heterocycles. The lowest BCUT2D eigenvalue weighted by atomic mass is 9.98. The van der Waals surface area contributed by atoms with Crippen LogP contribution in [-0.4, -0.2) is 0 Å². The van der Waals surface area contributed by atoms with Gasteiger partial charge in [0.2, 0.25) is 0 Å². The van der Waals surface area contributed by atoms with Crippen LogP contribution >= 0.6 is 0 Å². The molecule has 0 aliphatic rings. The van der Waals surface area contributed by atoms with Gasteiger partial charge in [0.1, 0.15) is 0 Å². The van der Waals surface area contributed by atoms with E-state index in [4.69, 9.17) is 0 Å². The van der Waals surface area contributed by atoms with Gasteiger partial charge in [0.05, 0.1) is 0 Å². The Morgan fingerprint density at radius 1 is 1.18 bits per heavy atom. The van der Waals surface area contributed by atoms with Crippen LogP contribution in [0.4, 0.5) is 0 Å². The standard InChI is InChI=1S/C17H22/c1-5-8-10-16(9-6-2)17-12-11-14(4)15(7-3)13-17/h5-6,8-13H,7H2,1-4H3/b8-5-,9-6-,16-10+. The van der Waals surface area contributed by atoms with Crippen LogP contribution in [0.5, 0.6) is 0 Å². The Morgan fingerprint density at radius 3 is 2.53 bits per heavy atom. The van der Waals surface area contributed by atoms with Crippen molar-refractivity contribution < 1.29 is 0 Å². The maximum atomic E-state index is 2.30. The van der Waals surface area contributed by atoms with E-state index < -0.39 is 0 Å². The molecule has 0 bridgehead atoms. The molecule has 0 radical (unpaired) electrons. The maximum absolute atomic E-state index is 2.30. The zero-order valence-corrected chi connectivity index (χ0v) is 11.3. The van der Waals surface area contributed by atoms with Crippen molar-refractivity contribution >= 4 is 5.57 Å². The molecule has 0 heteroatoms. The average molecular weight is 226 g/mol. The molecule has 0 nitrogen and oxygen atoms in total. The van der Waals surface area contributed by atoms with Crippen molar-refractivity contribution in [3.8, 4) is 0 Å². The lowest BCUT2D eigenvalue weighted by Gasteiger charge is -2.08. The van der Waals surface area contributed by atoms with Crippen molar-refractivity contribution in [3.05, 3.63) is 65.3 Å². The van der Waals surface area contributed by atoms with Gasteiger partial charge < -0.3 is 0 Å². The Morgan fingerprint density at radius 2 is 1.94 bits per heavy atom. The quantitative estimate of drug-likeness (QED) is 0.627. The van der Waals surface area contributed by atoms with E-state index in [1.54, 1.807) is 0 Å². The summed E-state index contributed by atoms with van der Waals surface area (Å²) in [5.74, 6) is 0. The third-order valence-electron chi connectivity index (χ3n) is 2.88. The molecule has 0 unspecified atom stereocenters. The zero-order valence-electron chi connectivity index (χ0n) is 11.3. The molecule has 0 aliphatic heterocycles. The summed E-state index contributed by atoms with van der Waals surface area (Å²) in [4.78, 5) is 0. The van der Waals surface area contributed by atoms with E-state index in [1.807, 2.05) is 6.92 Å². The second-order valence-corrected chi connectivity index (χ2v) is 4.14. The largest absolute Gasteiger partial charge is 0.0876 e. The molecule has 0 amide bonds. The normalized spacial score (nSPS) is 12.8. The molecule has 0 saturated heterocycles. The molecule has 1 aromatic carbocycles. The Balaban J connectivity index is 3.19. The molecule has 0 N–H and O–H groups in total. The third-order valence-corrected chi connectivity index (χ3v) is 2.88. The first-order valence-corrected chi connectivity index (χ1v) is 6.28. The molecule has 0 fully saturated rings. The highest BCUT2D eigenvalue weighted by molar-refractivity contribution is 5.75. The van der Waals surface area contributed by atoms with Gasteiger partial charge in [-0.2, -0.15) is 0 Å². The lowest BCUT2D eigenvalue weighted by molar-refractivity contribution is 1.11. The lowest BCUT2D eigenvalue weighted by Crippen LogP contribution is -1.89. The smallest absolute Gasteiger partial charge is 0.0181 e. The second kappa shape index (κ2) is 6.90. The van der Waals surface area contributed by atoms with Crippen molar-refractivity contribution in [2.75, 3.05) is 0 Å². The highest BCUT2D eigenvalue weighted by Crippen LogP contribution is 2.20. The first-order chi connectivity index (χ1) is 8.22. The van der Waals surface area contributed by atoms with E-state index in [2.05, 4.69) is 69.4 Å². The average Bonchev–Trinajstić information content (AvgIpc) is 2.35. The molecule has 0 atom stereocenters. The molecule has 0 aliphatic carbocycles. The Bertz CT molecular complexity index is 445. The fourth-order valence-electron chi connectivity index (χ4n) is 1.86. The van der Waals surface area contributed by atoms with E-state index >= 15 is 0 Å². The van der Waals surface area contributed by atoms with Gasteiger partial charge in [-0.05, 0) is 49.5 Å². The Kier molecular flexibility index (Phi) is 5.48. The second-order valence-electron chi connectivity index (χ2n) is 4.14. The van der Waals surface area contributed by atoms with Crippen LogP contribution in [0.25, 0.3) is 5.57 Å². The fourth-order valence-corrected chi connectivity index (χ4v) is 1.86. The minimum absolute atomic E-state index is 1.09. The Hall–Kier alpha value is -1.56. The van der Waals surface area contributed by atoms with E-state index in [9.17, 15) is 0 Å². The monoisotopic (exact) mass is 226 g/mol. The third kappa shape index (κ3) is 3.74. The van der Waals surface area contributed by atoms with Crippen LogP contribution in [0, 0.1) is 6.92 Å². The van der Waals surface area contributed by atoms with E-state index in [0.717, 1.165) is 6.42 Å².